The summed E-state index contributed by atoms with van der Waals surface area (Å²) >= 11 is 1.51. The van der Waals surface area contributed by atoms with Crippen molar-refractivity contribution in [2.24, 2.45) is 0 Å². The van der Waals surface area contributed by atoms with Crippen molar-refractivity contribution in [2.75, 3.05) is 18.5 Å². The second kappa shape index (κ2) is 10.8. The Morgan fingerprint density at radius 3 is 2.62 bits per heavy atom. The Morgan fingerprint density at radius 2 is 1.97 bits per heavy atom. The van der Waals surface area contributed by atoms with Crippen molar-refractivity contribution in [3.63, 3.8) is 0 Å². The number of esters is 1. The lowest BCUT2D eigenvalue weighted by Crippen LogP contribution is -2.35. The molecule has 158 valence electrons. The van der Waals surface area contributed by atoms with Crippen LogP contribution in [0.1, 0.15) is 53.6 Å². The Hall–Kier alpha value is -1.89. The molecule has 0 saturated heterocycles. The molecule has 3 rings (SSSR count). The van der Waals surface area contributed by atoms with Crippen LogP contribution in [0.3, 0.4) is 0 Å². The summed E-state index contributed by atoms with van der Waals surface area (Å²) in [5, 5.41) is 3.61. The number of halogens is 1. The fourth-order valence-corrected chi connectivity index (χ4v) is 4.74. The minimum absolute atomic E-state index is 0. The maximum atomic E-state index is 12.6. The number of thiophene rings is 1. The highest BCUT2D eigenvalue weighted by molar-refractivity contribution is 7.17. The van der Waals surface area contributed by atoms with Gasteiger partial charge in [-0.2, -0.15) is 0 Å². The van der Waals surface area contributed by atoms with Crippen LogP contribution >= 0.6 is 23.7 Å². The van der Waals surface area contributed by atoms with E-state index in [4.69, 9.17) is 4.74 Å². The standard InChI is InChI=1S/C22H28N2O3S.ClH/c1-4-27-22(26)20-17-12-13-24(15(2)3)14-18(17)28-21(20)23-19(25)11-10-16-8-6-5-7-9-16;/h5-9,15H,4,10-14H2,1-3H3,(H,23,25);1H. The first-order chi connectivity index (χ1) is 13.5. The van der Waals surface area contributed by atoms with Gasteiger partial charge in [-0.25, -0.2) is 4.79 Å². The van der Waals surface area contributed by atoms with Crippen LogP contribution < -0.4 is 5.32 Å². The van der Waals surface area contributed by atoms with Gasteiger partial charge in [0.2, 0.25) is 5.91 Å². The zero-order valence-electron chi connectivity index (χ0n) is 17.2. The number of ether oxygens (including phenoxy) is 1. The molecule has 1 aromatic carbocycles. The lowest BCUT2D eigenvalue weighted by molar-refractivity contribution is -0.116. The van der Waals surface area contributed by atoms with Crippen molar-refractivity contribution < 1.29 is 14.3 Å². The number of nitrogens with zero attached hydrogens (tertiary/aromatic N) is 1. The van der Waals surface area contributed by atoms with E-state index >= 15 is 0 Å². The number of aryl methyl sites for hydroxylation is 1. The molecule has 1 aliphatic rings. The molecule has 2 heterocycles. The molecule has 0 radical (unpaired) electrons. The van der Waals surface area contributed by atoms with Gasteiger partial charge in [0, 0.05) is 30.4 Å². The molecule has 0 saturated carbocycles. The molecule has 0 aliphatic carbocycles. The van der Waals surface area contributed by atoms with Gasteiger partial charge in [0.1, 0.15) is 5.00 Å². The molecule has 1 aromatic heterocycles. The number of benzene rings is 1. The average molecular weight is 437 g/mol. The third kappa shape index (κ3) is 5.81. The molecule has 0 bridgehead atoms. The summed E-state index contributed by atoms with van der Waals surface area (Å²) in [6, 6.07) is 10.4. The Bertz CT molecular complexity index is 836. The van der Waals surface area contributed by atoms with Gasteiger partial charge in [-0.05, 0) is 44.7 Å². The van der Waals surface area contributed by atoms with Crippen molar-refractivity contribution >= 4 is 40.6 Å². The van der Waals surface area contributed by atoms with Crippen molar-refractivity contribution in [2.45, 2.75) is 52.6 Å². The molecular formula is C22H29ClN2O3S. The number of hydrogen-bond acceptors (Lipinski definition) is 5. The van der Waals surface area contributed by atoms with Crippen LogP contribution in [0, 0.1) is 0 Å². The van der Waals surface area contributed by atoms with E-state index in [1.165, 1.54) is 11.3 Å². The van der Waals surface area contributed by atoms with E-state index in [1.54, 1.807) is 6.92 Å². The number of carbonyl (C=O) groups excluding carboxylic acids is 2. The van der Waals surface area contributed by atoms with Crippen molar-refractivity contribution in [1.29, 1.82) is 0 Å². The second-order valence-electron chi connectivity index (χ2n) is 7.28. The first kappa shape index (κ1) is 23.4. The van der Waals surface area contributed by atoms with Crippen LogP contribution in [-0.4, -0.2) is 36.0 Å². The van der Waals surface area contributed by atoms with E-state index in [9.17, 15) is 9.59 Å². The topological polar surface area (TPSA) is 58.6 Å². The number of nitrogens with one attached hydrogen (secondary N) is 1. The van der Waals surface area contributed by atoms with Crippen molar-refractivity contribution in [3.8, 4) is 0 Å². The average Bonchev–Trinajstić information content (AvgIpc) is 3.04. The predicted molar refractivity (Wildman–Crippen MR) is 120 cm³/mol. The van der Waals surface area contributed by atoms with Gasteiger partial charge in [-0.1, -0.05) is 30.3 Å². The van der Waals surface area contributed by atoms with Gasteiger partial charge < -0.3 is 10.1 Å². The van der Waals surface area contributed by atoms with Gasteiger partial charge in [0.05, 0.1) is 12.2 Å². The Balaban J connectivity index is 0.00000300. The first-order valence-electron chi connectivity index (χ1n) is 9.89. The van der Waals surface area contributed by atoms with E-state index in [0.29, 0.717) is 36.1 Å². The molecule has 2 aromatic rings. The first-order valence-corrected chi connectivity index (χ1v) is 10.7. The molecule has 5 nitrogen and oxygen atoms in total. The third-order valence-electron chi connectivity index (χ3n) is 5.03. The third-order valence-corrected chi connectivity index (χ3v) is 6.16. The van der Waals surface area contributed by atoms with Crippen LogP contribution in [-0.2, 0) is 28.9 Å². The van der Waals surface area contributed by atoms with E-state index in [1.807, 2.05) is 30.3 Å². The summed E-state index contributed by atoms with van der Waals surface area (Å²) in [4.78, 5) is 28.7. The summed E-state index contributed by atoms with van der Waals surface area (Å²) in [5.41, 5.74) is 2.72. The van der Waals surface area contributed by atoms with Gasteiger partial charge in [-0.15, -0.1) is 23.7 Å². The van der Waals surface area contributed by atoms with Gasteiger partial charge >= 0.3 is 5.97 Å². The van der Waals surface area contributed by atoms with E-state index in [-0.39, 0.29) is 24.3 Å². The lowest BCUT2D eigenvalue weighted by Gasteiger charge is -2.30. The van der Waals surface area contributed by atoms with Crippen molar-refractivity contribution in [3.05, 3.63) is 51.9 Å². The van der Waals surface area contributed by atoms with Crippen molar-refractivity contribution in [1.82, 2.24) is 4.90 Å². The maximum absolute atomic E-state index is 12.6. The molecule has 7 heteroatoms. The Morgan fingerprint density at radius 1 is 1.24 bits per heavy atom. The van der Waals surface area contributed by atoms with Gasteiger partial charge in [0.15, 0.2) is 0 Å². The molecule has 29 heavy (non-hydrogen) atoms. The van der Waals surface area contributed by atoms with Gasteiger partial charge in [-0.3, -0.25) is 9.69 Å². The minimum atomic E-state index is -0.337. The predicted octanol–water partition coefficient (Wildman–Crippen LogP) is 4.68. The van der Waals surface area contributed by atoms with Crippen LogP contribution in [0.4, 0.5) is 5.00 Å². The highest BCUT2D eigenvalue weighted by Crippen LogP contribution is 2.38. The number of carbonyl (C=O) groups is 2. The van der Waals surface area contributed by atoms with Crippen LogP contribution in [0.15, 0.2) is 30.3 Å². The van der Waals surface area contributed by atoms with E-state index < -0.39 is 0 Å². The molecule has 1 aliphatic heterocycles. The zero-order valence-corrected chi connectivity index (χ0v) is 18.8. The van der Waals surface area contributed by atoms with Gasteiger partial charge in [0.25, 0.3) is 0 Å². The number of hydrogen-bond donors (Lipinski definition) is 1. The highest BCUT2D eigenvalue weighted by atomic mass is 35.5. The van der Waals surface area contributed by atoms with Crippen LogP contribution in [0.5, 0.6) is 0 Å². The number of anilines is 1. The number of amides is 1. The minimum Gasteiger partial charge on any atom is -0.462 e. The summed E-state index contributed by atoms with van der Waals surface area (Å²) < 4.78 is 5.28. The Kier molecular flexibility index (Phi) is 8.68. The molecule has 1 amide bonds. The fraction of sp³-hybridized carbons (Fsp3) is 0.455. The molecule has 0 atom stereocenters. The van der Waals surface area contributed by atoms with Crippen LogP contribution in [0.2, 0.25) is 0 Å². The normalized spacial score (nSPS) is 13.5. The Labute approximate surface area is 182 Å². The molecule has 0 fully saturated rings. The largest absolute Gasteiger partial charge is 0.462 e. The second-order valence-corrected chi connectivity index (χ2v) is 8.38. The summed E-state index contributed by atoms with van der Waals surface area (Å²) in [5.74, 6) is -0.412. The van der Waals surface area contributed by atoms with E-state index in [0.717, 1.165) is 35.5 Å². The number of rotatable bonds is 7. The molecular weight excluding hydrogens is 408 g/mol. The summed E-state index contributed by atoms with van der Waals surface area (Å²) in [6.07, 6.45) is 1.86. The molecule has 0 unspecified atom stereocenters. The molecule has 1 N–H and O–H groups in total. The van der Waals surface area contributed by atoms with Crippen LogP contribution in [0.25, 0.3) is 0 Å². The highest BCUT2D eigenvalue weighted by Gasteiger charge is 2.30. The van der Waals surface area contributed by atoms with E-state index in [2.05, 4.69) is 24.1 Å². The molecule has 0 spiro atoms. The monoisotopic (exact) mass is 436 g/mol. The lowest BCUT2D eigenvalue weighted by atomic mass is 10.0. The maximum Gasteiger partial charge on any atom is 0.341 e. The SMILES string of the molecule is CCOC(=O)c1c(NC(=O)CCc2ccccc2)sc2c1CCN(C(C)C)C2.Cl. The zero-order chi connectivity index (χ0) is 20.1. The quantitative estimate of drug-likeness (QED) is 0.640. The number of fused-ring (bicyclic) bond motifs is 1. The smallest absolute Gasteiger partial charge is 0.341 e. The summed E-state index contributed by atoms with van der Waals surface area (Å²) in [7, 11) is 0. The summed E-state index contributed by atoms with van der Waals surface area (Å²) in [6.45, 7) is 8.20. The fourth-order valence-electron chi connectivity index (χ4n) is 3.46.